The first kappa shape index (κ1) is 12.1. The Hall–Kier alpha value is 0.1000. The Balaban J connectivity index is 0.00000121. The number of rotatable bonds is 1. The molecule has 1 aromatic carbocycles. The minimum Gasteiger partial charge on any atom is -0.420 e. The van der Waals surface area contributed by atoms with E-state index in [0.717, 1.165) is 6.07 Å². The van der Waals surface area contributed by atoms with Crippen molar-refractivity contribution in [1.29, 1.82) is 0 Å². The average Bonchev–Trinajstić information content (AvgIpc) is 1.94. The Bertz CT molecular complexity index is 341. The van der Waals surface area contributed by atoms with Gasteiger partial charge in [0.15, 0.2) is 0 Å². The quantitative estimate of drug-likeness (QED) is 0.418. The van der Waals surface area contributed by atoms with Gasteiger partial charge in [0.2, 0.25) is 0 Å². The molecule has 0 radical (unpaired) electrons. The van der Waals surface area contributed by atoms with Gasteiger partial charge in [0.1, 0.15) is 5.82 Å². The first-order valence-electron chi connectivity index (χ1n) is 2.96. The van der Waals surface area contributed by atoms with Crippen LogP contribution in [0.15, 0.2) is 23.1 Å². The summed E-state index contributed by atoms with van der Waals surface area (Å²) >= 11 is 0. The van der Waals surface area contributed by atoms with Gasteiger partial charge in [0.25, 0.3) is 0 Å². The fraction of sp³-hybridized carbons (Fsp3) is 0.143. The first-order valence-corrected chi connectivity index (χ1v) is 4.04. The van der Waals surface area contributed by atoms with E-state index in [0.29, 0.717) is 5.56 Å². The number of halogens is 1. The molecule has 0 N–H and O–H groups in total. The summed E-state index contributed by atoms with van der Waals surface area (Å²) in [5, 5.41) is 0. The van der Waals surface area contributed by atoms with Gasteiger partial charge in [-0.3, -0.25) is 0 Å². The maximum atomic E-state index is 12.6. The van der Waals surface area contributed by atoms with E-state index in [1.165, 1.54) is 19.1 Å². The van der Waals surface area contributed by atoms with Gasteiger partial charge in [-0.25, -0.2) is 4.39 Å². The average molecular weight is 196 g/mol. The van der Waals surface area contributed by atoms with E-state index in [2.05, 4.69) is 0 Å². The molecule has 0 atom stereocenters. The van der Waals surface area contributed by atoms with E-state index in [1.54, 1.807) is 0 Å². The van der Waals surface area contributed by atoms with Gasteiger partial charge in [0.05, 0.1) is 0 Å². The molecule has 0 aliphatic rings. The molecule has 0 aliphatic heterocycles. The standard InChI is InChI=1S/C7H6FO2S.Na/c1-5-4-6(11(9)10)2-3-7(5)8;/h2-4H,1H3;/q-1;+1. The fourth-order valence-corrected chi connectivity index (χ4v) is 1.17. The summed E-state index contributed by atoms with van der Waals surface area (Å²) in [5.41, 5.74) is 0.340. The molecular weight excluding hydrogens is 190 g/mol. The van der Waals surface area contributed by atoms with Gasteiger partial charge < -0.3 is 8.42 Å². The van der Waals surface area contributed by atoms with E-state index in [9.17, 15) is 12.8 Å². The summed E-state index contributed by atoms with van der Waals surface area (Å²) in [4.78, 5) is 0.115. The molecule has 5 heteroatoms. The van der Waals surface area contributed by atoms with Gasteiger partial charge in [-0.05, 0) is 29.3 Å². The molecule has 12 heavy (non-hydrogen) atoms. The molecule has 0 fully saturated rings. The van der Waals surface area contributed by atoms with Crippen LogP contribution in [0.2, 0.25) is 0 Å². The van der Waals surface area contributed by atoms with Crippen molar-refractivity contribution in [2.75, 3.05) is 0 Å². The van der Waals surface area contributed by atoms with Crippen LogP contribution >= 0.6 is 0 Å². The first-order chi connectivity index (χ1) is 5.11. The van der Waals surface area contributed by atoms with Gasteiger partial charge in [-0.2, -0.15) is 0 Å². The summed E-state index contributed by atoms with van der Waals surface area (Å²) in [6.45, 7) is 1.52. The molecule has 60 valence electrons. The molecule has 0 spiro atoms. The molecule has 0 aromatic heterocycles. The normalized spacial score (nSPS) is 9.58. The molecule has 0 saturated heterocycles. The van der Waals surface area contributed by atoms with Crippen LogP contribution in [-0.4, -0.2) is 0 Å². The van der Waals surface area contributed by atoms with Crippen molar-refractivity contribution in [3.8, 4) is 0 Å². The molecular formula is C7H6FNaO2S. The maximum Gasteiger partial charge on any atom is 1.00 e. The van der Waals surface area contributed by atoms with Crippen molar-refractivity contribution in [1.82, 2.24) is 0 Å². The van der Waals surface area contributed by atoms with Crippen LogP contribution in [0.5, 0.6) is 0 Å². The number of aryl methyl sites for hydroxylation is 1. The Morgan fingerprint density at radius 3 is 2.33 bits per heavy atom. The minimum absolute atomic E-state index is 0. The molecule has 0 aliphatic carbocycles. The van der Waals surface area contributed by atoms with Crippen LogP contribution in [0.3, 0.4) is 0 Å². The summed E-state index contributed by atoms with van der Waals surface area (Å²) < 4.78 is 33.2. The zero-order chi connectivity index (χ0) is 8.43. The van der Waals surface area contributed by atoms with E-state index in [1.807, 2.05) is 0 Å². The predicted octanol–water partition coefficient (Wildman–Crippen LogP) is -1.19. The van der Waals surface area contributed by atoms with Crippen LogP contribution in [-0.2, 0) is 19.1 Å². The van der Waals surface area contributed by atoms with Crippen molar-refractivity contribution in [2.45, 2.75) is 11.8 Å². The van der Waals surface area contributed by atoms with E-state index >= 15 is 0 Å². The third-order valence-electron chi connectivity index (χ3n) is 1.32. The van der Waals surface area contributed by atoms with E-state index < -0.39 is 10.7 Å². The Labute approximate surface area is 94.0 Å². The van der Waals surface area contributed by atoms with Crippen molar-refractivity contribution < 1.29 is 42.4 Å². The number of hydrogen-bond acceptors (Lipinski definition) is 3. The zero-order valence-electron chi connectivity index (χ0n) is 6.83. The fourth-order valence-electron chi connectivity index (χ4n) is 0.721. The summed E-state index contributed by atoms with van der Waals surface area (Å²) in [7, 11) is -2.26. The Morgan fingerprint density at radius 1 is 1.33 bits per heavy atom. The second-order valence-corrected chi connectivity index (χ2v) is 3.09. The van der Waals surface area contributed by atoms with E-state index in [-0.39, 0.29) is 40.3 Å². The summed E-state index contributed by atoms with van der Waals surface area (Å²) in [6.07, 6.45) is 0. The van der Waals surface area contributed by atoms with Gasteiger partial charge >= 0.3 is 29.6 Å². The van der Waals surface area contributed by atoms with Crippen LogP contribution < -0.4 is 29.6 Å². The third kappa shape index (κ3) is 2.86. The van der Waals surface area contributed by atoms with Crippen LogP contribution in [0.25, 0.3) is 0 Å². The molecule has 0 unspecified atom stereocenters. The molecule has 0 saturated carbocycles. The zero-order valence-corrected chi connectivity index (χ0v) is 9.65. The van der Waals surface area contributed by atoms with Crippen molar-refractivity contribution in [3.05, 3.63) is 29.6 Å². The third-order valence-corrected chi connectivity index (χ3v) is 1.96. The minimum atomic E-state index is -2.26. The Morgan fingerprint density at radius 2 is 1.92 bits per heavy atom. The van der Waals surface area contributed by atoms with Gasteiger partial charge in [0, 0.05) is 0 Å². The maximum absolute atomic E-state index is 12.6. The Kier molecular flexibility index (Phi) is 5.01. The molecule has 0 heterocycles. The second kappa shape index (κ2) is 4.97. The second-order valence-electron chi connectivity index (χ2n) is 2.15. The summed E-state index contributed by atoms with van der Waals surface area (Å²) in [5.74, 6) is -0.390. The largest absolute Gasteiger partial charge is 1.00 e. The molecule has 2 nitrogen and oxygen atoms in total. The smallest absolute Gasteiger partial charge is 0.420 e. The monoisotopic (exact) mass is 196 g/mol. The number of benzene rings is 1. The molecule has 0 bridgehead atoms. The van der Waals surface area contributed by atoms with Crippen LogP contribution in [0.4, 0.5) is 4.39 Å². The van der Waals surface area contributed by atoms with Gasteiger partial charge in [-0.1, -0.05) is 17.0 Å². The van der Waals surface area contributed by atoms with Crippen LogP contribution in [0.1, 0.15) is 5.56 Å². The van der Waals surface area contributed by atoms with Crippen LogP contribution in [0, 0.1) is 12.7 Å². The van der Waals surface area contributed by atoms with Crippen molar-refractivity contribution in [2.24, 2.45) is 0 Å². The molecule has 1 aromatic rings. The molecule has 1 rings (SSSR count). The van der Waals surface area contributed by atoms with Crippen molar-refractivity contribution >= 4 is 10.7 Å². The van der Waals surface area contributed by atoms with Gasteiger partial charge in [-0.15, -0.1) is 0 Å². The van der Waals surface area contributed by atoms with Crippen molar-refractivity contribution in [3.63, 3.8) is 0 Å². The molecule has 0 amide bonds. The predicted molar refractivity (Wildman–Crippen MR) is 38.1 cm³/mol. The topological polar surface area (TPSA) is 34.1 Å². The number of hydrogen-bond donors (Lipinski definition) is 0. The van der Waals surface area contributed by atoms with E-state index in [4.69, 9.17) is 0 Å². The SMILES string of the molecule is Cc1cc([S-](=O)=O)ccc1F.[Na+]. The summed E-state index contributed by atoms with van der Waals surface area (Å²) in [6, 6.07) is 3.66.